The molecule has 1 unspecified atom stereocenters. The van der Waals surface area contributed by atoms with Crippen molar-refractivity contribution < 1.29 is 0 Å². The third kappa shape index (κ3) is 2.53. The van der Waals surface area contributed by atoms with E-state index in [1.807, 2.05) is 0 Å². The molecule has 17 heavy (non-hydrogen) atoms. The summed E-state index contributed by atoms with van der Waals surface area (Å²) in [4.78, 5) is 10.7. The fraction of sp³-hybridized carbons (Fsp3) is 0.769. The molecule has 0 bridgehead atoms. The minimum atomic E-state index is 0.328. The lowest BCUT2D eigenvalue weighted by Gasteiger charge is -2.16. The second-order valence-electron chi connectivity index (χ2n) is 5.41. The van der Waals surface area contributed by atoms with Gasteiger partial charge in [-0.05, 0) is 38.8 Å². The maximum atomic E-state index is 5.98. The molecular weight excluding hydrogens is 212 g/mol. The number of aromatic amines is 1. The molecule has 1 fully saturated rings. The largest absolute Gasteiger partial charge is 0.346 e. The van der Waals surface area contributed by atoms with Gasteiger partial charge in [0.1, 0.15) is 5.82 Å². The zero-order chi connectivity index (χ0) is 11.7. The van der Waals surface area contributed by atoms with Crippen molar-refractivity contribution in [3.8, 4) is 0 Å². The highest BCUT2D eigenvalue weighted by Gasteiger charge is 2.19. The molecule has 1 aliphatic heterocycles. The molecule has 1 saturated heterocycles. The van der Waals surface area contributed by atoms with Gasteiger partial charge in [0.2, 0.25) is 0 Å². The summed E-state index contributed by atoms with van der Waals surface area (Å²) in [6.45, 7) is 3.69. The number of nitrogens with one attached hydrogen (secondary N) is 1. The molecule has 1 aromatic heterocycles. The molecule has 94 valence electrons. The van der Waals surface area contributed by atoms with Gasteiger partial charge < -0.3 is 15.6 Å². The van der Waals surface area contributed by atoms with Crippen LogP contribution < -0.4 is 5.73 Å². The zero-order valence-electron chi connectivity index (χ0n) is 10.4. The normalized spacial score (nSPS) is 25.1. The van der Waals surface area contributed by atoms with Crippen LogP contribution in [0.15, 0.2) is 0 Å². The first kappa shape index (κ1) is 11.2. The maximum Gasteiger partial charge on any atom is 0.107 e. The van der Waals surface area contributed by atoms with Gasteiger partial charge in [-0.1, -0.05) is 0 Å². The average molecular weight is 234 g/mol. The Morgan fingerprint density at radius 2 is 2.18 bits per heavy atom. The number of imidazole rings is 1. The van der Waals surface area contributed by atoms with E-state index in [0.29, 0.717) is 6.04 Å². The van der Waals surface area contributed by atoms with Gasteiger partial charge in [-0.2, -0.15) is 0 Å². The molecule has 0 amide bonds. The van der Waals surface area contributed by atoms with Gasteiger partial charge in [0, 0.05) is 31.1 Å². The van der Waals surface area contributed by atoms with Crippen molar-refractivity contribution in [3.63, 3.8) is 0 Å². The minimum Gasteiger partial charge on any atom is -0.346 e. The van der Waals surface area contributed by atoms with E-state index < -0.39 is 0 Å². The van der Waals surface area contributed by atoms with Crippen molar-refractivity contribution in [1.29, 1.82) is 0 Å². The molecule has 4 nitrogen and oxygen atoms in total. The molecule has 0 spiro atoms. The van der Waals surface area contributed by atoms with Crippen molar-refractivity contribution in [2.75, 3.05) is 19.6 Å². The summed E-state index contributed by atoms with van der Waals surface area (Å²) in [5, 5.41) is 0. The van der Waals surface area contributed by atoms with E-state index in [4.69, 9.17) is 10.7 Å². The molecule has 4 heteroatoms. The van der Waals surface area contributed by atoms with Crippen LogP contribution in [0.1, 0.15) is 36.5 Å². The van der Waals surface area contributed by atoms with E-state index in [0.717, 1.165) is 38.1 Å². The van der Waals surface area contributed by atoms with Gasteiger partial charge in [-0.3, -0.25) is 0 Å². The van der Waals surface area contributed by atoms with Crippen LogP contribution >= 0.6 is 0 Å². The number of hydrogen-bond acceptors (Lipinski definition) is 3. The summed E-state index contributed by atoms with van der Waals surface area (Å²) in [6, 6.07) is 0.328. The highest BCUT2D eigenvalue weighted by atomic mass is 15.1. The van der Waals surface area contributed by atoms with Crippen LogP contribution in [0.5, 0.6) is 0 Å². The Kier molecular flexibility index (Phi) is 3.16. The van der Waals surface area contributed by atoms with Gasteiger partial charge >= 0.3 is 0 Å². The summed E-state index contributed by atoms with van der Waals surface area (Å²) < 4.78 is 0. The van der Waals surface area contributed by atoms with Gasteiger partial charge in [0.25, 0.3) is 0 Å². The predicted octanol–water partition coefficient (Wildman–Crippen LogP) is 0.864. The van der Waals surface area contributed by atoms with Crippen molar-refractivity contribution >= 4 is 0 Å². The van der Waals surface area contributed by atoms with Crippen LogP contribution in [0, 0.1) is 0 Å². The fourth-order valence-electron chi connectivity index (χ4n) is 2.96. The molecule has 0 saturated carbocycles. The zero-order valence-corrected chi connectivity index (χ0v) is 10.4. The Bertz CT molecular complexity index is 379. The summed E-state index contributed by atoms with van der Waals surface area (Å²) >= 11 is 0. The second-order valence-corrected chi connectivity index (χ2v) is 5.41. The van der Waals surface area contributed by atoms with Crippen LogP contribution in [0.3, 0.4) is 0 Å². The third-order valence-electron chi connectivity index (χ3n) is 4.00. The summed E-state index contributed by atoms with van der Waals surface area (Å²) in [7, 11) is 0. The van der Waals surface area contributed by atoms with E-state index in [9.17, 15) is 0 Å². The Morgan fingerprint density at radius 1 is 1.35 bits per heavy atom. The van der Waals surface area contributed by atoms with Gasteiger partial charge in [0.05, 0.1) is 5.69 Å². The van der Waals surface area contributed by atoms with Crippen molar-refractivity contribution in [1.82, 2.24) is 14.9 Å². The molecular formula is C13H22N4. The molecule has 2 aliphatic rings. The first-order chi connectivity index (χ1) is 8.31. The number of nitrogens with two attached hydrogens (primary N) is 1. The average Bonchev–Trinajstić information content (AvgIpc) is 2.94. The van der Waals surface area contributed by atoms with Crippen LogP contribution in [-0.2, 0) is 19.3 Å². The van der Waals surface area contributed by atoms with E-state index in [1.54, 1.807) is 0 Å². The monoisotopic (exact) mass is 234 g/mol. The topological polar surface area (TPSA) is 57.9 Å². The van der Waals surface area contributed by atoms with Gasteiger partial charge in [-0.25, -0.2) is 4.98 Å². The molecule has 2 heterocycles. The number of aryl methyl sites for hydroxylation is 1. The SMILES string of the molecule is NC1CCc2nc(CCN3CCCC3)[nH]c2C1. The van der Waals surface area contributed by atoms with Crippen LogP contribution in [0.2, 0.25) is 0 Å². The Balaban J connectivity index is 1.60. The molecule has 0 radical (unpaired) electrons. The van der Waals surface area contributed by atoms with Crippen LogP contribution in [-0.4, -0.2) is 40.5 Å². The smallest absolute Gasteiger partial charge is 0.107 e. The number of fused-ring (bicyclic) bond motifs is 1. The van der Waals surface area contributed by atoms with Gasteiger partial charge in [-0.15, -0.1) is 0 Å². The second kappa shape index (κ2) is 4.78. The molecule has 3 N–H and O–H groups in total. The Labute approximate surface area is 103 Å². The van der Waals surface area contributed by atoms with E-state index in [2.05, 4.69) is 9.88 Å². The third-order valence-corrected chi connectivity index (χ3v) is 4.00. The summed E-state index contributed by atoms with van der Waals surface area (Å²) in [5.74, 6) is 1.16. The number of rotatable bonds is 3. The number of H-pyrrole nitrogens is 1. The lowest BCUT2D eigenvalue weighted by Crippen LogP contribution is -2.27. The first-order valence-electron chi connectivity index (χ1n) is 6.86. The quantitative estimate of drug-likeness (QED) is 0.815. The van der Waals surface area contributed by atoms with Crippen molar-refractivity contribution in [2.24, 2.45) is 5.73 Å². The Morgan fingerprint density at radius 3 is 3.00 bits per heavy atom. The highest BCUT2D eigenvalue weighted by molar-refractivity contribution is 5.19. The van der Waals surface area contributed by atoms with Crippen molar-refractivity contribution in [3.05, 3.63) is 17.2 Å². The number of aromatic nitrogens is 2. The molecule has 1 aliphatic carbocycles. The molecule has 0 aromatic carbocycles. The van der Waals surface area contributed by atoms with Crippen LogP contribution in [0.25, 0.3) is 0 Å². The molecule has 1 aromatic rings. The number of nitrogens with zero attached hydrogens (tertiary/aromatic N) is 2. The lowest BCUT2D eigenvalue weighted by atomic mass is 9.97. The Hall–Kier alpha value is -0.870. The molecule has 1 atom stereocenters. The van der Waals surface area contributed by atoms with E-state index in [-0.39, 0.29) is 0 Å². The van der Waals surface area contributed by atoms with Gasteiger partial charge in [0.15, 0.2) is 0 Å². The predicted molar refractivity (Wildman–Crippen MR) is 68.0 cm³/mol. The lowest BCUT2D eigenvalue weighted by molar-refractivity contribution is 0.341. The summed E-state index contributed by atoms with van der Waals surface area (Å²) in [6.07, 6.45) is 6.90. The summed E-state index contributed by atoms with van der Waals surface area (Å²) in [5.41, 5.74) is 8.53. The maximum absolute atomic E-state index is 5.98. The van der Waals surface area contributed by atoms with Crippen LogP contribution in [0.4, 0.5) is 0 Å². The number of hydrogen-bond donors (Lipinski definition) is 2. The standard InChI is InChI=1S/C13H22N4/c14-10-3-4-11-12(9-10)16-13(15-11)5-8-17-6-1-2-7-17/h10H,1-9,14H2,(H,15,16). The van der Waals surface area contributed by atoms with Crippen molar-refractivity contribution in [2.45, 2.75) is 44.6 Å². The minimum absolute atomic E-state index is 0.328. The van der Waals surface area contributed by atoms with E-state index in [1.165, 1.54) is 37.3 Å². The van der Waals surface area contributed by atoms with E-state index >= 15 is 0 Å². The fourth-order valence-corrected chi connectivity index (χ4v) is 2.96. The highest BCUT2D eigenvalue weighted by Crippen LogP contribution is 2.18. The number of likely N-dealkylation sites (tertiary alicyclic amines) is 1. The molecule has 3 rings (SSSR count). The first-order valence-corrected chi connectivity index (χ1v) is 6.86.